The molecular weight excluding hydrogens is 625 g/mol. The van der Waals surface area contributed by atoms with Crippen molar-refractivity contribution in [3.8, 4) is 10.4 Å². The van der Waals surface area contributed by atoms with Crippen LogP contribution >= 0.6 is 11.3 Å². The monoisotopic (exact) mass is 662 g/mol. The molecule has 1 nitrogen and oxygen atoms in total. The van der Waals surface area contributed by atoms with Crippen molar-refractivity contribution >= 4 is 60.1 Å². The Morgan fingerprint density at radius 3 is 2.18 bits per heavy atom. The van der Waals surface area contributed by atoms with Crippen molar-refractivity contribution in [3.05, 3.63) is 198 Å². The first-order chi connectivity index (χ1) is 24.5. The van der Waals surface area contributed by atoms with Crippen LogP contribution in [0.4, 0.5) is 0 Å². The lowest BCUT2D eigenvalue weighted by Gasteiger charge is -2.15. The van der Waals surface area contributed by atoms with Gasteiger partial charge in [-0.15, -0.1) is 11.3 Å². The SMILES string of the molecule is C=C(/C=C\C(=C)C1=c2\cccc\c2=C(C(=C)c2cc3c(cc2-c2cc4ccccc4s2)oc2ccccc23)\C=C\CC\C=C\1)C1=CC=CCC1. The Hall–Kier alpha value is -5.70. The van der Waals surface area contributed by atoms with Gasteiger partial charge in [0.15, 0.2) is 0 Å². The summed E-state index contributed by atoms with van der Waals surface area (Å²) in [6.07, 6.45) is 23.7. The minimum absolute atomic E-state index is 0.882. The first kappa shape index (κ1) is 31.6. The molecule has 0 N–H and O–H groups in total. The molecule has 0 saturated heterocycles. The zero-order valence-corrected chi connectivity index (χ0v) is 28.9. The zero-order valence-electron chi connectivity index (χ0n) is 28.1. The van der Waals surface area contributed by atoms with E-state index < -0.39 is 0 Å². The highest BCUT2D eigenvalue weighted by Crippen LogP contribution is 2.43. The third-order valence-electron chi connectivity index (χ3n) is 9.69. The minimum Gasteiger partial charge on any atom is -0.456 e. The Morgan fingerprint density at radius 1 is 0.660 bits per heavy atom. The number of rotatable bonds is 7. The summed E-state index contributed by atoms with van der Waals surface area (Å²) in [7, 11) is 0. The molecule has 2 aliphatic rings. The summed E-state index contributed by atoms with van der Waals surface area (Å²) < 4.78 is 7.69. The van der Waals surface area contributed by atoms with E-state index in [2.05, 4.69) is 147 Å². The van der Waals surface area contributed by atoms with Gasteiger partial charge in [0.2, 0.25) is 0 Å². The third-order valence-corrected chi connectivity index (χ3v) is 10.8. The molecule has 0 amide bonds. The van der Waals surface area contributed by atoms with Crippen molar-refractivity contribution < 1.29 is 4.42 Å². The van der Waals surface area contributed by atoms with Gasteiger partial charge in [0.05, 0.1) is 0 Å². The van der Waals surface area contributed by atoms with Crippen LogP contribution in [0.3, 0.4) is 0 Å². The highest BCUT2D eigenvalue weighted by molar-refractivity contribution is 7.22. The van der Waals surface area contributed by atoms with Gasteiger partial charge in [-0.1, -0.05) is 135 Å². The molecule has 2 aromatic heterocycles. The van der Waals surface area contributed by atoms with E-state index in [1.54, 1.807) is 0 Å². The van der Waals surface area contributed by atoms with Crippen LogP contribution in [-0.2, 0) is 0 Å². The molecule has 50 heavy (non-hydrogen) atoms. The second-order valence-corrected chi connectivity index (χ2v) is 14.0. The maximum absolute atomic E-state index is 6.43. The molecule has 0 fully saturated rings. The fourth-order valence-corrected chi connectivity index (χ4v) is 8.12. The van der Waals surface area contributed by atoms with Crippen molar-refractivity contribution in [3.63, 3.8) is 0 Å². The lowest BCUT2D eigenvalue weighted by atomic mass is 9.89. The number of fused-ring (bicyclic) bond motifs is 5. The van der Waals surface area contributed by atoms with E-state index in [0.717, 1.165) is 97.1 Å². The molecule has 2 heteroatoms. The first-order valence-corrected chi connectivity index (χ1v) is 18.1. The Kier molecular flexibility index (Phi) is 8.62. The van der Waals surface area contributed by atoms with Gasteiger partial charge in [-0.3, -0.25) is 0 Å². The Bertz CT molecular complexity index is 2610. The molecule has 0 spiro atoms. The van der Waals surface area contributed by atoms with E-state index in [-0.39, 0.29) is 0 Å². The van der Waals surface area contributed by atoms with Crippen LogP contribution in [0.1, 0.15) is 31.2 Å². The first-order valence-electron chi connectivity index (χ1n) is 17.3. The summed E-state index contributed by atoms with van der Waals surface area (Å²) in [6, 6.07) is 32.3. The molecule has 8 rings (SSSR count). The van der Waals surface area contributed by atoms with Crippen LogP contribution in [0.25, 0.3) is 59.2 Å². The molecule has 0 aliphatic heterocycles. The van der Waals surface area contributed by atoms with Crippen molar-refractivity contribution in [2.24, 2.45) is 0 Å². The lowest BCUT2D eigenvalue weighted by Crippen LogP contribution is -2.29. The van der Waals surface area contributed by atoms with Crippen molar-refractivity contribution in [2.75, 3.05) is 0 Å². The van der Waals surface area contributed by atoms with Gasteiger partial charge in [-0.25, -0.2) is 0 Å². The number of furan rings is 1. The number of hydrogen-bond donors (Lipinski definition) is 0. The second-order valence-electron chi connectivity index (χ2n) is 12.9. The van der Waals surface area contributed by atoms with Crippen LogP contribution < -0.4 is 10.4 Å². The number of thiophene rings is 1. The molecule has 242 valence electrons. The summed E-state index contributed by atoms with van der Waals surface area (Å²) in [5.74, 6) is 0. The highest BCUT2D eigenvalue weighted by atomic mass is 32.1. The topological polar surface area (TPSA) is 13.1 Å². The average molecular weight is 663 g/mol. The number of benzene rings is 4. The summed E-state index contributed by atoms with van der Waals surface area (Å²) >= 11 is 1.81. The van der Waals surface area contributed by atoms with E-state index >= 15 is 0 Å². The molecule has 0 radical (unpaired) electrons. The maximum Gasteiger partial charge on any atom is 0.136 e. The van der Waals surface area contributed by atoms with Gasteiger partial charge < -0.3 is 4.42 Å². The van der Waals surface area contributed by atoms with Crippen molar-refractivity contribution in [2.45, 2.75) is 25.7 Å². The molecule has 0 saturated carbocycles. The second kappa shape index (κ2) is 13.7. The van der Waals surface area contributed by atoms with E-state index in [1.165, 1.54) is 20.5 Å². The summed E-state index contributed by atoms with van der Waals surface area (Å²) in [6.45, 7) is 13.8. The lowest BCUT2D eigenvalue weighted by molar-refractivity contribution is 0.669. The molecule has 4 aromatic carbocycles. The molecule has 0 unspecified atom stereocenters. The largest absolute Gasteiger partial charge is 0.456 e. The van der Waals surface area contributed by atoms with Crippen molar-refractivity contribution in [1.82, 2.24) is 0 Å². The zero-order chi connectivity index (χ0) is 34.0. The predicted octanol–water partition coefficient (Wildman–Crippen LogP) is 12.3. The van der Waals surface area contributed by atoms with E-state index in [1.807, 2.05) is 23.5 Å². The number of hydrogen-bond acceptors (Lipinski definition) is 2. The number of allylic oxidation sites excluding steroid dienone is 13. The minimum atomic E-state index is 0.882. The standard InChI is InChI=1S/C48H38OS/c1-32(35-17-7-6-8-18-35)27-28-33(2)37-20-9-4-5-10-21-38(40-23-13-12-22-39(37)40)34(3)42-30-43-41-24-14-15-25-45(41)49-46(43)31-44(42)48-29-36-19-11-16-26-47(36)50-48/h6-7,9-17,19-31H,1-5,8,18H2/b20-9+,21-10+,28-27-,39-37+,40-38+. The van der Waals surface area contributed by atoms with Gasteiger partial charge >= 0.3 is 0 Å². The Labute approximate surface area is 297 Å². The molecular formula is C48H38OS. The van der Waals surface area contributed by atoms with Gasteiger partial charge in [-0.05, 0) is 111 Å². The van der Waals surface area contributed by atoms with Gasteiger partial charge in [-0.2, -0.15) is 0 Å². The van der Waals surface area contributed by atoms with Crippen LogP contribution in [0.5, 0.6) is 0 Å². The molecule has 2 heterocycles. The smallest absolute Gasteiger partial charge is 0.136 e. The average Bonchev–Trinajstić information content (AvgIpc) is 3.76. The van der Waals surface area contributed by atoms with E-state index in [9.17, 15) is 0 Å². The fourth-order valence-electron chi connectivity index (χ4n) is 7.02. The highest BCUT2D eigenvalue weighted by Gasteiger charge is 2.19. The molecule has 0 atom stereocenters. The summed E-state index contributed by atoms with van der Waals surface area (Å²) in [5.41, 5.74) is 10.4. The van der Waals surface area contributed by atoms with Crippen LogP contribution in [0.2, 0.25) is 0 Å². The van der Waals surface area contributed by atoms with Gasteiger partial charge in [0.25, 0.3) is 0 Å². The molecule has 0 bridgehead atoms. The quantitative estimate of drug-likeness (QED) is 0.155. The molecule has 6 aromatic rings. The summed E-state index contributed by atoms with van der Waals surface area (Å²) in [5, 5.41) is 5.70. The molecule has 2 aliphatic carbocycles. The summed E-state index contributed by atoms with van der Waals surface area (Å²) in [4.78, 5) is 1.19. The fraction of sp³-hybridized carbons (Fsp3) is 0.0833. The van der Waals surface area contributed by atoms with Crippen LogP contribution in [-0.4, -0.2) is 0 Å². The van der Waals surface area contributed by atoms with Crippen LogP contribution in [0, 0.1) is 0 Å². The van der Waals surface area contributed by atoms with Gasteiger partial charge in [0, 0.05) is 25.9 Å². The maximum atomic E-state index is 6.43. The predicted molar refractivity (Wildman–Crippen MR) is 217 cm³/mol. The van der Waals surface area contributed by atoms with E-state index in [4.69, 9.17) is 11.0 Å². The Morgan fingerprint density at radius 2 is 1.38 bits per heavy atom. The van der Waals surface area contributed by atoms with E-state index in [0.29, 0.717) is 0 Å². The third kappa shape index (κ3) is 6.04. The van der Waals surface area contributed by atoms with Gasteiger partial charge in [0.1, 0.15) is 11.2 Å². The Balaban J connectivity index is 1.34. The number of para-hydroxylation sites is 1. The van der Waals surface area contributed by atoms with Crippen molar-refractivity contribution in [1.29, 1.82) is 0 Å². The van der Waals surface area contributed by atoms with Crippen LogP contribution in [0.15, 0.2) is 187 Å². The normalized spacial score (nSPS) is 18.3.